The van der Waals surface area contributed by atoms with Crippen molar-refractivity contribution in [2.75, 3.05) is 23.4 Å². The van der Waals surface area contributed by atoms with Crippen LogP contribution < -0.4 is 15.0 Å². The average molecular weight is 374 g/mol. The zero-order chi connectivity index (χ0) is 19.3. The second kappa shape index (κ2) is 8.08. The Morgan fingerprint density at radius 1 is 1.07 bits per heavy atom. The van der Waals surface area contributed by atoms with Gasteiger partial charge in [0, 0.05) is 12.2 Å². The van der Waals surface area contributed by atoms with Crippen molar-refractivity contribution in [2.45, 2.75) is 19.8 Å². The molecule has 6 heteroatoms. The standard InChI is InChI=1S/C22H22N4O2/c1-2-28-20-12-6-4-10-17(20)23-21-14-13-18(24-25-21)22(27)26-15-7-9-16-8-3-5-11-19(16)26/h3-6,8,10-14H,2,7,9,15H2,1H3,(H,23,25). The number of hydrogen-bond acceptors (Lipinski definition) is 5. The van der Waals surface area contributed by atoms with E-state index in [-0.39, 0.29) is 5.91 Å². The third kappa shape index (κ3) is 3.67. The summed E-state index contributed by atoms with van der Waals surface area (Å²) in [6.45, 7) is 3.21. The fourth-order valence-electron chi connectivity index (χ4n) is 3.39. The molecule has 1 aliphatic heterocycles. The number of anilines is 3. The molecular weight excluding hydrogens is 352 g/mol. The van der Waals surface area contributed by atoms with Crippen molar-refractivity contribution in [3.63, 3.8) is 0 Å². The van der Waals surface area contributed by atoms with Gasteiger partial charge < -0.3 is 15.0 Å². The highest BCUT2D eigenvalue weighted by atomic mass is 16.5. The van der Waals surface area contributed by atoms with E-state index in [1.807, 2.05) is 49.4 Å². The first-order valence-corrected chi connectivity index (χ1v) is 9.48. The van der Waals surface area contributed by atoms with E-state index in [0.717, 1.165) is 30.0 Å². The number of benzene rings is 2. The van der Waals surface area contributed by atoms with Crippen LogP contribution in [0.25, 0.3) is 0 Å². The van der Waals surface area contributed by atoms with Gasteiger partial charge in [-0.05, 0) is 55.7 Å². The highest BCUT2D eigenvalue weighted by Crippen LogP contribution is 2.29. The quantitative estimate of drug-likeness (QED) is 0.724. The summed E-state index contributed by atoms with van der Waals surface area (Å²) in [5, 5.41) is 11.5. The Bertz CT molecular complexity index is 972. The zero-order valence-corrected chi connectivity index (χ0v) is 15.8. The van der Waals surface area contributed by atoms with Gasteiger partial charge in [-0.1, -0.05) is 30.3 Å². The lowest BCUT2D eigenvalue weighted by Gasteiger charge is -2.29. The molecule has 28 heavy (non-hydrogen) atoms. The fraction of sp³-hybridized carbons (Fsp3) is 0.227. The molecule has 1 aromatic heterocycles. The normalized spacial score (nSPS) is 13.0. The van der Waals surface area contributed by atoms with Crippen LogP contribution in [0.1, 0.15) is 29.4 Å². The van der Waals surface area contributed by atoms with Crippen molar-refractivity contribution in [1.82, 2.24) is 10.2 Å². The minimum absolute atomic E-state index is 0.124. The molecule has 1 amide bonds. The van der Waals surface area contributed by atoms with E-state index in [9.17, 15) is 4.79 Å². The molecule has 0 fully saturated rings. The SMILES string of the molecule is CCOc1ccccc1Nc1ccc(C(=O)N2CCCc3ccccc32)nn1. The Balaban J connectivity index is 1.52. The van der Waals surface area contributed by atoms with Gasteiger partial charge in [0.15, 0.2) is 11.5 Å². The number of para-hydroxylation sites is 3. The molecule has 0 unspecified atom stereocenters. The Labute approximate surface area is 164 Å². The summed E-state index contributed by atoms with van der Waals surface area (Å²) in [6.07, 6.45) is 1.94. The molecule has 0 aliphatic carbocycles. The summed E-state index contributed by atoms with van der Waals surface area (Å²) < 4.78 is 5.61. The molecule has 2 heterocycles. The summed E-state index contributed by atoms with van der Waals surface area (Å²) >= 11 is 0. The van der Waals surface area contributed by atoms with Gasteiger partial charge in [-0.25, -0.2) is 0 Å². The smallest absolute Gasteiger partial charge is 0.278 e. The van der Waals surface area contributed by atoms with Crippen molar-refractivity contribution in [3.8, 4) is 5.75 Å². The van der Waals surface area contributed by atoms with E-state index in [0.29, 0.717) is 24.7 Å². The lowest BCUT2D eigenvalue weighted by atomic mass is 10.0. The van der Waals surface area contributed by atoms with Crippen LogP contribution in [0, 0.1) is 0 Å². The number of carbonyl (C=O) groups is 1. The van der Waals surface area contributed by atoms with Crippen molar-refractivity contribution in [2.24, 2.45) is 0 Å². The van der Waals surface area contributed by atoms with Crippen molar-refractivity contribution in [1.29, 1.82) is 0 Å². The van der Waals surface area contributed by atoms with E-state index in [4.69, 9.17) is 4.74 Å². The second-order valence-electron chi connectivity index (χ2n) is 6.55. The Morgan fingerprint density at radius 2 is 1.89 bits per heavy atom. The molecule has 0 radical (unpaired) electrons. The van der Waals surface area contributed by atoms with Crippen LogP contribution in [-0.2, 0) is 6.42 Å². The summed E-state index contributed by atoms with van der Waals surface area (Å²) in [6, 6.07) is 19.1. The van der Waals surface area contributed by atoms with E-state index in [1.165, 1.54) is 5.56 Å². The van der Waals surface area contributed by atoms with Crippen LogP contribution in [0.3, 0.4) is 0 Å². The minimum Gasteiger partial charge on any atom is -0.492 e. The highest BCUT2D eigenvalue weighted by Gasteiger charge is 2.24. The summed E-state index contributed by atoms with van der Waals surface area (Å²) in [4.78, 5) is 14.7. The fourth-order valence-corrected chi connectivity index (χ4v) is 3.39. The number of aryl methyl sites for hydroxylation is 1. The molecule has 0 atom stereocenters. The molecule has 3 aromatic rings. The molecule has 0 spiro atoms. The summed E-state index contributed by atoms with van der Waals surface area (Å²) in [7, 11) is 0. The number of ether oxygens (including phenoxy) is 1. The Morgan fingerprint density at radius 3 is 2.71 bits per heavy atom. The number of aromatic nitrogens is 2. The number of hydrogen-bond donors (Lipinski definition) is 1. The lowest BCUT2D eigenvalue weighted by Crippen LogP contribution is -2.36. The van der Waals surface area contributed by atoms with Gasteiger partial charge in [-0.2, -0.15) is 0 Å². The molecule has 0 saturated carbocycles. The van der Waals surface area contributed by atoms with E-state index in [1.54, 1.807) is 17.0 Å². The third-order valence-electron chi connectivity index (χ3n) is 4.69. The van der Waals surface area contributed by atoms with E-state index in [2.05, 4.69) is 21.6 Å². The van der Waals surface area contributed by atoms with Gasteiger partial charge >= 0.3 is 0 Å². The third-order valence-corrected chi connectivity index (χ3v) is 4.69. The summed E-state index contributed by atoms with van der Waals surface area (Å²) in [5.74, 6) is 1.18. The number of nitrogens with one attached hydrogen (secondary N) is 1. The first-order chi connectivity index (χ1) is 13.8. The number of fused-ring (bicyclic) bond motifs is 1. The van der Waals surface area contributed by atoms with Crippen LogP contribution in [0.5, 0.6) is 5.75 Å². The van der Waals surface area contributed by atoms with Crippen molar-refractivity contribution >= 4 is 23.1 Å². The zero-order valence-electron chi connectivity index (χ0n) is 15.8. The number of rotatable bonds is 5. The Kier molecular flexibility index (Phi) is 5.19. The number of amides is 1. The van der Waals surface area contributed by atoms with Crippen LogP contribution in [0.4, 0.5) is 17.2 Å². The molecule has 4 rings (SSSR count). The van der Waals surface area contributed by atoms with Gasteiger partial charge in [-0.3, -0.25) is 4.79 Å². The van der Waals surface area contributed by atoms with E-state index >= 15 is 0 Å². The number of carbonyl (C=O) groups excluding carboxylic acids is 1. The van der Waals surface area contributed by atoms with Crippen molar-refractivity contribution in [3.05, 3.63) is 71.9 Å². The molecule has 0 bridgehead atoms. The molecule has 142 valence electrons. The van der Waals surface area contributed by atoms with Crippen LogP contribution in [0.15, 0.2) is 60.7 Å². The van der Waals surface area contributed by atoms with Gasteiger partial charge in [0.2, 0.25) is 0 Å². The molecular formula is C22H22N4O2. The van der Waals surface area contributed by atoms with Gasteiger partial charge in [-0.15, -0.1) is 10.2 Å². The topological polar surface area (TPSA) is 67.3 Å². The largest absolute Gasteiger partial charge is 0.492 e. The van der Waals surface area contributed by atoms with Crippen LogP contribution in [0.2, 0.25) is 0 Å². The van der Waals surface area contributed by atoms with Crippen LogP contribution >= 0.6 is 0 Å². The van der Waals surface area contributed by atoms with Crippen LogP contribution in [-0.4, -0.2) is 29.3 Å². The lowest BCUT2D eigenvalue weighted by molar-refractivity contribution is 0.0979. The Hall–Kier alpha value is -3.41. The minimum atomic E-state index is -0.124. The molecule has 6 nitrogen and oxygen atoms in total. The first-order valence-electron chi connectivity index (χ1n) is 9.48. The van der Waals surface area contributed by atoms with Gasteiger partial charge in [0.25, 0.3) is 5.91 Å². The van der Waals surface area contributed by atoms with Gasteiger partial charge in [0.05, 0.1) is 12.3 Å². The van der Waals surface area contributed by atoms with E-state index < -0.39 is 0 Å². The molecule has 1 aliphatic rings. The monoisotopic (exact) mass is 374 g/mol. The van der Waals surface area contributed by atoms with Gasteiger partial charge in [0.1, 0.15) is 5.75 Å². The maximum absolute atomic E-state index is 13.0. The average Bonchev–Trinajstić information content (AvgIpc) is 2.75. The second-order valence-corrected chi connectivity index (χ2v) is 6.55. The first kappa shape index (κ1) is 18.0. The maximum atomic E-state index is 13.0. The predicted octanol–water partition coefficient (Wildman–Crippen LogP) is 4.21. The maximum Gasteiger partial charge on any atom is 0.278 e. The highest BCUT2D eigenvalue weighted by molar-refractivity contribution is 6.05. The predicted molar refractivity (Wildman–Crippen MR) is 109 cm³/mol. The summed E-state index contributed by atoms with van der Waals surface area (Å²) in [5.41, 5.74) is 3.30. The molecule has 1 N–H and O–H groups in total. The number of nitrogens with zero attached hydrogens (tertiary/aromatic N) is 3. The van der Waals surface area contributed by atoms with Crippen molar-refractivity contribution < 1.29 is 9.53 Å². The molecule has 2 aromatic carbocycles. The molecule has 0 saturated heterocycles.